The molecule has 0 N–H and O–H groups in total. The van der Waals surface area contributed by atoms with E-state index in [1.54, 1.807) is 19.1 Å². The average Bonchev–Trinajstić information content (AvgIpc) is 2.76. The molecule has 1 aromatic carbocycles. The van der Waals surface area contributed by atoms with Gasteiger partial charge in [0.1, 0.15) is 10.8 Å². The van der Waals surface area contributed by atoms with E-state index in [2.05, 4.69) is 21.0 Å². The van der Waals surface area contributed by atoms with Gasteiger partial charge >= 0.3 is 5.97 Å². The molecule has 0 saturated carbocycles. The number of halogens is 3. The number of hydrogen-bond donors (Lipinski definition) is 0. The van der Waals surface area contributed by atoms with Crippen LogP contribution in [0.25, 0.3) is 11.3 Å². The van der Waals surface area contributed by atoms with Crippen LogP contribution in [0.5, 0.6) is 0 Å². The zero-order valence-electron chi connectivity index (χ0n) is 11.5. The van der Waals surface area contributed by atoms with E-state index in [-0.39, 0.29) is 22.9 Å². The van der Waals surface area contributed by atoms with Gasteiger partial charge in [0, 0.05) is 16.6 Å². The molecule has 0 bridgehead atoms. The molecule has 0 amide bonds. The van der Waals surface area contributed by atoms with Gasteiger partial charge in [-0.15, -0.1) is 0 Å². The molecule has 7 heteroatoms. The zero-order valence-corrected chi connectivity index (χ0v) is 13.8. The summed E-state index contributed by atoms with van der Waals surface area (Å²) < 4.78 is 21.2. The Hall–Kier alpha value is -1.40. The largest absolute Gasteiger partial charge is 0.461 e. The molecule has 21 heavy (non-hydrogen) atoms. The molecule has 112 valence electrons. The van der Waals surface area contributed by atoms with Crippen LogP contribution in [0.2, 0.25) is 5.02 Å². The van der Waals surface area contributed by atoms with E-state index >= 15 is 0 Å². The van der Waals surface area contributed by atoms with E-state index in [0.717, 1.165) is 0 Å². The molecule has 0 radical (unpaired) electrons. The highest BCUT2D eigenvalue weighted by atomic mass is 79.9. The van der Waals surface area contributed by atoms with Crippen LogP contribution in [-0.4, -0.2) is 22.4 Å². The number of aromatic nitrogens is 2. The Balaban J connectivity index is 2.60. The summed E-state index contributed by atoms with van der Waals surface area (Å²) in [6.45, 7) is 4.19. The minimum Gasteiger partial charge on any atom is -0.461 e. The summed E-state index contributed by atoms with van der Waals surface area (Å²) in [5.41, 5.74) is 0.651. The maximum Gasteiger partial charge on any atom is 0.360 e. The monoisotopic (exact) mass is 374 g/mol. The van der Waals surface area contributed by atoms with Crippen molar-refractivity contribution in [3.63, 3.8) is 0 Å². The van der Waals surface area contributed by atoms with Gasteiger partial charge in [-0.05, 0) is 32.0 Å². The van der Waals surface area contributed by atoms with Crippen molar-refractivity contribution in [3.05, 3.63) is 39.2 Å². The first-order chi connectivity index (χ1) is 9.99. The molecule has 2 aromatic rings. The van der Waals surface area contributed by atoms with Crippen molar-refractivity contribution in [2.75, 3.05) is 6.61 Å². The molecule has 0 saturated heterocycles. The summed E-state index contributed by atoms with van der Waals surface area (Å²) in [4.78, 5) is 11.8. The molecule has 0 aliphatic carbocycles. The van der Waals surface area contributed by atoms with Crippen molar-refractivity contribution in [2.24, 2.45) is 0 Å². The van der Waals surface area contributed by atoms with Crippen LogP contribution in [0.4, 0.5) is 4.39 Å². The number of benzene rings is 1. The van der Waals surface area contributed by atoms with Crippen LogP contribution in [0.1, 0.15) is 24.3 Å². The molecular weight excluding hydrogens is 363 g/mol. The van der Waals surface area contributed by atoms with Gasteiger partial charge in [-0.25, -0.2) is 9.18 Å². The van der Waals surface area contributed by atoms with Gasteiger partial charge in [0.2, 0.25) is 0 Å². The second-order valence-corrected chi connectivity index (χ2v) is 5.47. The van der Waals surface area contributed by atoms with Crippen molar-refractivity contribution < 1.29 is 13.9 Å². The first-order valence-corrected chi connectivity index (χ1v) is 7.55. The highest BCUT2D eigenvalue weighted by Crippen LogP contribution is 2.34. The Morgan fingerprint density at radius 2 is 2.19 bits per heavy atom. The highest BCUT2D eigenvalue weighted by Gasteiger charge is 2.24. The Bertz CT molecular complexity index is 688. The number of hydrogen-bond acceptors (Lipinski definition) is 3. The Morgan fingerprint density at radius 1 is 1.48 bits per heavy atom. The van der Waals surface area contributed by atoms with Gasteiger partial charge in [-0.3, -0.25) is 4.68 Å². The number of rotatable bonds is 4. The average molecular weight is 376 g/mol. The Labute approximate surface area is 135 Å². The molecule has 0 aliphatic rings. The lowest BCUT2D eigenvalue weighted by molar-refractivity contribution is 0.0518. The maximum atomic E-state index is 14.1. The van der Waals surface area contributed by atoms with Gasteiger partial charge in [0.05, 0.1) is 12.3 Å². The standard InChI is InChI=1S/C14H13BrClFN2O2/c1-3-19-13(9-6-5-8(15)7-10(9)17)11(16)12(18-19)14(20)21-4-2/h5-7H,3-4H2,1-2H3. The number of ether oxygens (including phenoxy) is 1. The summed E-state index contributed by atoms with van der Waals surface area (Å²) in [5, 5.41) is 4.21. The summed E-state index contributed by atoms with van der Waals surface area (Å²) in [6, 6.07) is 4.62. The number of carbonyl (C=O) groups excluding carboxylic acids is 1. The molecule has 0 atom stereocenters. The smallest absolute Gasteiger partial charge is 0.360 e. The Morgan fingerprint density at radius 3 is 2.76 bits per heavy atom. The quantitative estimate of drug-likeness (QED) is 0.748. The van der Waals surface area contributed by atoms with Gasteiger partial charge in [0.25, 0.3) is 0 Å². The third-order valence-electron chi connectivity index (χ3n) is 2.85. The van der Waals surface area contributed by atoms with E-state index in [0.29, 0.717) is 16.7 Å². The summed E-state index contributed by atoms with van der Waals surface area (Å²) in [5.74, 6) is -1.07. The van der Waals surface area contributed by atoms with E-state index in [1.165, 1.54) is 10.7 Å². The van der Waals surface area contributed by atoms with Gasteiger partial charge in [0.15, 0.2) is 5.69 Å². The minimum atomic E-state index is -0.617. The van der Waals surface area contributed by atoms with Crippen LogP contribution < -0.4 is 0 Å². The number of esters is 1. The fourth-order valence-corrected chi connectivity index (χ4v) is 2.59. The normalized spacial score (nSPS) is 10.7. The second-order valence-electron chi connectivity index (χ2n) is 4.17. The lowest BCUT2D eigenvalue weighted by Crippen LogP contribution is -2.07. The predicted molar refractivity (Wildman–Crippen MR) is 82.0 cm³/mol. The van der Waals surface area contributed by atoms with Crippen molar-refractivity contribution in [3.8, 4) is 11.3 Å². The van der Waals surface area contributed by atoms with Crippen molar-refractivity contribution in [2.45, 2.75) is 20.4 Å². The first-order valence-electron chi connectivity index (χ1n) is 6.38. The molecule has 0 fully saturated rings. The van der Waals surface area contributed by atoms with E-state index in [4.69, 9.17) is 16.3 Å². The third-order valence-corrected chi connectivity index (χ3v) is 3.70. The fourth-order valence-electron chi connectivity index (χ4n) is 1.94. The van der Waals surface area contributed by atoms with Crippen LogP contribution >= 0.6 is 27.5 Å². The van der Waals surface area contributed by atoms with Crippen molar-refractivity contribution in [1.29, 1.82) is 0 Å². The lowest BCUT2D eigenvalue weighted by Gasteiger charge is -2.07. The van der Waals surface area contributed by atoms with E-state index in [1.807, 2.05) is 6.92 Å². The van der Waals surface area contributed by atoms with Crippen molar-refractivity contribution in [1.82, 2.24) is 9.78 Å². The van der Waals surface area contributed by atoms with Crippen LogP contribution in [0, 0.1) is 5.82 Å². The van der Waals surface area contributed by atoms with E-state index < -0.39 is 11.8 Å². The molecule has 2 rings (SSSR count). The summed E-state index contributed by atoms with van der Waals surface area (Å²) >= 11 is 9.42. The molecular formula is C14H13BrClFN2O2. The minimum absolute atomic E-state index is 0.00214. The predicted octanol–water partition coefficient (Wildman–Crippen LogP) is 4.30. The molecule has 1 heterocycles. The maximum absolute atomic E-state index is 14.1. The van der Waals surface area contributed by atoms with Gasteiger partial charge in [-0.1, -0.05) is 27.5 Å². The van der Waals surface area contributed by atoms with Gasteiger partial charge in [-0.2, -0.15) is 5.10 Å². The summed E-state index contributed by atoms with van der Waals surface area (Å²) in [6.07, 6.45) is 0. The number of carbonyl (C=O) groups is 1. The topological polar surface area (TPSA) is 44.1 Å². The molecule has 1 aromatic heterocycles. The van der Waals surface area contributed by atoms with Crippen LogP contribution in [-0.2, 0) is 11.3 Å². The van der Waals surface area contributed by atoms with Gasteiger partial charge < -0.3 is 4.74 Å². The summed E-state index contributed by atoms with van der Waals surface area (Å²) in [7, 11) is 0. The SMILES string of the molecule is CCOC(=O)c1nn(CC)c(-c2ccc(Br)cc2F)c1Cl. The third kappa shape index (κ3) is 3.11. The van der Waals surface area contributed by atoms with Crippen LogP contribution in [0.3, 0.4) is 0 Å². The molecule has 0 unspecified atom stereocenters. The highest BCUT2D eigenvalue weighted by molar-refractivity contribution is 9.10. The van der Waals surface area contributed by atoms with Crippen molar-refractivity contribution >= 4 is 33.5 Å². The second kappa shape index (κ2) is 6.58. The Kier molecular flexibility index (Phi) is 5.00. The first kappa shape index (κ1) is 16.0. The fraction of sp³-hybridized carbons (Fsp3) is 0.286. The molecule has 0 aliphatic heterocycles. The lowest BCUT2D eigenvalue weighted by atomic mass is 10.1. The number of nitrogens with zero attached hydrogens (tertiary/aromatic N) is 2. The molecule has 0 spiro atoms. The van der Waals surface area contributed by atoms with Crippen LogP contribution in [0.15, 0.2) is 22.7 Å². The van der Waals surface area contributed by atoms with E-state index in [9.17, 15) is 9.18 Å². The number of aryl methyl sites for hydroxylation is 1. The molecule has 4 nitrogen and oxygen atoms in total. The zero-order chi connectivity index (χ0) is 15.6.